The van der Waals surface area contributed by atoms with E-state index in [-0.39, 0.29) is 0 Å². The van der Waals surface area contributed by atoms with Crippen LogP contribution >= 0.6 is 0 Å². The molecular weight excluding hydrogens is 302 g/mol. The zero-order chi connectivity index (χ0) is 17.1. The first kappa shape index (κ1) is 17.1. The summed E-state index contributed by atoms with van der Waals surface area (Å²) in [5.41, 5.74) is 2.18. The Morgan fingerprint density at radius 2 is 2.17 bits per heavy atom. The largest absolute Gasteiger partial charge is 0.445 e. The molecule has 130 valence electrons. The number of hydrogen-bond acceptors (Lipinski definition) is 5. The van der Waals surface area contributed by atoms with Gasteiger partial charge >= 0.3 is 0 Å². The number of rotatable bonds is 6. The number of likely N-dealkylation sites (N-methyl/N-ethyl adjacent to an activating group) is 1. The van der Waals surface area contributed by atoms with Crippen LogP contribution in [0.1, 0.15) is 35.3 Å². The van der Waals surface area contributed by atoms with Gasteiger partial charge in [0.2, 0.25) is 5.89 Å². The monoisotopic (exact) mass is 329 g/mol. The normalized spacial score (nSPS) is 20.0. The predicted molar refractivity (Wildman–Crippen MR) is 93.7 cm³/mol. The summed E-state index contributed by atoms with van der Waals surface area (Å²) in [5, 5.41) is 10.5. The van der Waals surface area contributed by atoms with E-state index in [9.17, 15) is 5.11 Å². The van der Waals surface area contributed by atoms with Crippen LogP contribution in [0.25, 0.3) is 0 Å². The maximum absolute atomic E-state index is 10.5. The Morgan fingerprint density at radius 3 is 2.88 bits per heavy atom. The van der Waals surface area contributed by atoms with Gasteiger partial charge in [-0.3, -0.25) is 9.80 Å². The number of hydrogen-bond donors (Lipinski definition) is 1. The maximum atomic E-state index is 10.5. The fourth-order valence-electron chi connectivity index (χ4n) is 3.46. The zero-order valence-corrected chi connectivity index (χ0v) is 14.8. The average molecular weight is 329 g/mol. The van der Waals surface area contributed by atoms with E-state index in [0.29, 0.717) is 12.6 Å². The zero-order valence-electron chi connectivity index (χ0n) is 14.8. The van der Waals surface area contributed by atoms with Gasteiger partial charge in [0.15, 0.2) is 0 Å². The van der Waals surface area contributed by atoms with Crippen LogP contribution in [0.3, 0.4) is 0 Å². The predicted octanol–water partition coefficient (Wildman–Crippen LogP) is 2.53. The molecule has 0 aliphatic carbocycles. The Morgan fingerprint density at radius 1 is 1.38 bits per heavy atom. The van der Waals surface area contributed by atoms with E-state index in [1.165, 1.54) is 0 Å². The number of β-amino-alcohol motifs (C(OH)–C–C–N with tert-alkyl or cyclic N) is 1. The summed E-state index contributed by atoms with van der Waals surface area (Å²) < 4.78 is 5.57. The Bertz CT molecular complexity index is 670. The van der Waals surface area contributed by atoms with Crippen molar-refractivity contribution in [2.24, 2.45) is 0 Å². The molecule has 1 N–H and O–H groups in total. The van der Waals surface area contributed by atoms with Crippen molar-refractivity contribution in [2.75, 3.05) is 26.7 Å². The van der Waals surface area contributed by atoms with Crippen molar-refractivity contribution in [1.82, 2.24) is 14.8 Å². The number of aliphatic hydroxyl groups is 1. The van der Waals surface area contributed by atoms with Crippen LogP contribution in [-0.4, -0.2) is 52.6 Å². The van der Waals surface area contributed by atoms with E-state index >= 15 is 0 Å². The number of oxazole rings is 1. The van der Waals surface area contributed by atoms with Crippen LogP contribution < -0.4 is 0 Å². The molecule has 0 saturated carbocycles. The second kappa shape index (κ2) is 7.47. The van der Waals surface area contributed by atoms with E-state index in [1.54, 1.807) is 6.20 Å². The van der Waals surface area contributed by atoms with Crippen molar-refractivity contribution < 1.29 is 9.52 Å². The molecule has 3 rings (SSSR count). The lowest BCUT2D eigenvalue weighted by molar-refractivity contribution is 0.119. The summed E-state index contributed by atoms with van der Waals surface area (Å²) >= 11 is 0. The van der Waals surface area contributed by atoms with Crippen LogP contribution in [0.4, 0.5) is 0 Å². The lowest BCUT2D eigenvalue weighted by Crippen LogP contribution is -2.35. The molecule has 1 saturated heterocycles. The van der Waals surface area contributed by atoms with E-state index < -0.39 is 6.10 Å². The lowest BCUT2D eigenvalue weighted by atomic mass is 10.0. The van der Waals surface area contributed by atoms with Crippen LogP contribution in [-0.2, 0) is 6.54 Å². The van der Waals surface area contributed by atoms with Crippen LogP contribution in [0, 0.1) is 13.8 Å². The van der Waals surface area contributed by atoms with E-state index in [2.05, 4.69) is 34.8 Å². The molecule has 1 aromatic heterocycles. The third-order valence-corrected chi connectivity index (χ3v) is 4.90. The quantitative estimate of drug-likeness (QED) is 0.882. The first-order chi connectivity index (χ1) is 11.5. The summed E-state index contributed by atoms with van der Waals surface area (Å²) in [6, 6.07) is 8.55. The van der Waals surface area contributed by atoms with Gasteiger partial charge in [0, 0.05) is 19.1 Å². The molecule has 0 radical (unpaired) electrons. The summed E-state index contributed by atoms with van der Waals surface area (Å²) in [5.74, 6) is 1.63. The second-order valence-electron chi connectivity index (χ2n) is 6.85. The summed E-state index contributed by atoms with van der Waals surface area (Å²) in [4.78, 5) is 8.93. The summed E-state index contributed by atoms with van der Waals surface area (Å²) in [7, 11) is 2.12. The standard InChI is InChI=1S/C19H27N3O2/c1-14-6-4-5-7-17(14)18(23)12-22-9-8-16(11-22)21(3)13-19-20-10-15(2)24-19/h4-7,10,16,18,23H,8-9,11-13H2,1-3H3/t16-,18-/m1/s1. The average Bonchev–Trinajstić information content (AvgIpc) is 3.17. The van der Waals surface area contributed by atoms with E-state index in [4.69, 9.17) is 4.42 Å². The van der Waals surface area contributed by atoms with Crippen molar-refractivity contribution in [1.29, 1.82) is 0 Å². The minimum Gasteiger partial charge on any atom is -0.445 e. The van der Waals surface area contributed by atoms with Crippen LogP contribution in [0.15, 0.2) is 34.9 Å². The highest BCUT2D eigenvalue weighted by Gasteiger charge is 2.28. The fourth-order valence-corrected chi connectivity index (χ4v) is 3.46. The fraction of sp³-hybridized carbons (Fsp3) is 0.526. The minimum atomic E-state index is -0.426. The number of likely N-dealkylation sites (tertiary alicyclic amines) is 1. The first-order valence-corrected chi connectivity index (χ1v) is 8.60. The lowest BCUT2D eigenvalue weighted by Gasteiger charge is -2.25. The van der Waals surface area contributed by atoms with Crippen LogP contribution in [0.5, 0.6) is 0 Å². The first-order valence-electron chi connectivity index (χ1n) is 8.60. The molecule has 5 nitrogen and oxygen atoms in total. The third kappa shape index (κ3) is 4.04. The van der Waals surface area contributed by atoms with Gasteiger partial charge in [0.05, 0.1) is 18.8 Å². The van der Waals surface area contributed by atoms with Crippen molar-refractivity contribution in [3.8, 4) is 0 Å². The topological polar surface area (TPSA) is 52.7 Å². The molecule has 1 aliphatic heterocycles. The molecule has 0 unspecified atom stereocenters. The van der Waals surface area contributed by atoms with Gasteiger partial charge < -0.3 is 9.52 Å². The Kier molecular flexibility index (Phi) is 5.33. The molecule has 1 aromatic carbocycles. The van der Waals surface area contributed by atoms with Gasteiger partial charge in [-0.25, -0.2) is 4.98 Å². The van der Waals surface area contributed by atoms with Gasteiger partial charge in [-0.05, 0) is 45.0 Å². The summed E-state index contributed by atoms with van der Waals surface area (Å²) in [6.45, 7) is 7.37. The molecular formula is C19H27N3O2. The molecule has 2 heterocycles. The number of benzene rings is 1. The van der Waals surface area contributed by atoms with Crippen molar-refractivity contribution >= 4 is 0 Å². The minimum absolute atomic E-state index is 0.426. The van der Waals surface area contributed by atoms with Crippen LogP contribution in [0.2, 0.25) is 0 Å². The number of aryl methyl sites for hydroxylation is 2. The maximum Gasteiger partial charge on any atom is 0.208 e. The molecule has 24 heavy (non-hydrogen) atoms. The smallest absolute Gasteiger partial charge is 0.208 e. The van der Waals surface area contributed by atoms with Gasteiger partial charge in [-0.1, -0.05) is 24.3 Å². The molecule has 0 spiro atoms. The molecule has 2 atom stereocenters. The highest BCUT2D eigenvalue weighted by Crippen LogP contribution is 2.22. The molecule has 0 amide bonds. The second-order valence-corrected chi connectivity index (χ2v) is 6.85. The van der Waals surface area contributed by atoms with Crippen molar-refractivity contribution in [3.05, 3.63) is 53.2 Å². The molecule has 1 fully saturated rings. The van der Waals surface area contributed by atoms with Gasteiger partial charge in [0.25, 0.3) is 0 Å². The summed E-state index contributed by atoms with van der Waals surface area (Å²) in [6.07, 6.45) is 2.45. The third-order valence-electron chi connectivity index (χ3n) is 4.90. The van der Waals surface area contributed by atoms with Gasteiger partial charge in [-0.2, -0.15) is 0 Å². The van der Waals surface area contributed by atoms with Gasteiger partial charge in [0.1, 0.15) is 5.76 Å². The molecule has 1 aliphatic rings. The molecule has 5 heteroatoms. The number of aromatic nitrogens is 1. The highest BCUT2D eigenvalue weighted by molar-refractivity contribution is 5.27. The van der Waals surface area contributed by atoms with Gasteiger partial charge in [-0.15, -0.1) is 0 Å². The SMILES string of the molecule is Cc1cnc(CN(C)[C@@H]2CCN(C[C@@H](O)c3ccccc3C)C2)o1. The molecule has 2 aromatic rings. The van der Waals surface area contributed by atoms with Crippen molar-refractivity contribution in [2.45, 2.75) is 39.0 Å². The highest BCUT2D eigenvalue weighted by atomic mass is 16.4. The van der Waals surface area contributed by atoms with Crippen molar-refractivity contribution in [3.63, 3.8) is 0 Å². The Balaban J connectivity index is 1.52. The van der Waals surface area contributed by atoms with E-state index in [0.717, 1.165) is 48.8 Å². The molecule has 0 bridgehead atoms. The Hall–Kier alpha value is -1.69. The number of nitrogens with zero attached hydrogens (tertiary/aromatic N) is 3. The Labute approximate surface area is 143 Å². The van der Waals surface area contributed by atoms with E-state index in [1.807, 2.05) is 25.1 Å². The number of aliphatic hydroxyl groups excluding tert-OH is 1.